The van der Waals surface area contributed by atoms with Crippen LogP contribution in [-0.4, -0.2) is 63.5 Å². The number of nitrogen functional groups attached to an aromatic ring is 1. The molecule has 1 aromatic carbocycles. The van der Waals surface area contributed by atoms with Crippen molar-refractivity contribution in [2.75, 3.05) is 23.7 Å². The zero-order chi connectivity index (χ0) is 26.3. The number of piperidine rings is 1. The lowest BCUT2D eigenvalue weighted by Crippen LogP contribution is -2.52. The molecular weight excluding hydrogens is 500 g/mol. The third-order valence-electron chi connectivity index (χ3n) is 8.72. The molecular formula is C27H38N8O2S. The van der Waals surface area contributed by atoms with Crippen LogP contribution < -0.4 is 16.4 Å². The fourth-order valence-electron chi connectivity index (χ4n) is 6.60. The molecule has 3 fully saturated rings. The van der Waals surface area contributed by atoms with Crippen molar-refractivity contribution in [1.82, 2.24) is 23.8 Å². The Balaban J connectivity index is 1.30. The molecule has 1 saturated heterocycles. The summed E-state index contributed by atoms with van der Waals surface area (Å²) in [5, 5.41) is 0. The van der Waals surface area contributed by atoms with E-state index >= 15 is 0 Å². The first kappa shape index (κ1) is 25.5. The lowest BCUT2D eigenvalue weighted by atomic mass is 9.89. The van der Waals surface area contributed by atoms with Gasteiger partial charge >= 0.3 is 0 Å². The topological polar surface area (TPSA) is 136 Å². The van der Waals surface area contributed by atoms with Gasteiger partial charge in [-0.2, -0.15) is 14.3 Å². The normalized spacial score (nSPS) is 24.2. The summed E-state index contributed by atoms with van der Waals surface area (Å²) in [6, 6.07) is 9.69. The third-order valence-corrected chi connectivity index (χ3v) is 10.6. The van der Waals surface area contributed by atoms with Crippen LogP contribution in [0.25, 0.3) is 11.2 Å². The highest BCUT2D eigenvalue weighted by atomic mass is 32.2. The largest absolute Gasteiger partial charge is 0.382 e. The number of rotatable bonds is 6. The van der Waals surface area contributed by atoms with Crippen LogP contribution in [0.5, 0.6) is 0 Å². The summed E-state index contributed by atoms with van der Waals surface area (Å²) in [7, 11) is -3.52. The number of aromatic nitrogens is 4. The lowest BCUT2D eigenvalue weighted by Gasteiger charge is -2.44. The van der Waals surface area contributed by atoms with E-state index in [2.05, 4.69) is 14.5 Å². The van der Waals surface area contributed by atoms with Gasteiger partial charge in [-0.3, -0.25) is 0 Å². The van der Waals surface area contributed by atoms with Gasteiger partial charge in [0, 0.05) is 37.3 Å². The molecule has 6 rings (SSSR count). The van der Waals surface area contributed by atoms with Crippen molar-refractivity contribution in [2.45, 2.75) is 93.3 Å². The summed E-state index contributed by atoms with van der Waals surface area (Å²) >= 11 is 0. The predicted molar refractivity (Wildman–Crippen MR) is 148 cm³/mol. The minimum atomic E-state index is -3.52. The molecule has 38 heavy (non-hydrogen) atoms. The molecule has 4 N–H and O–H groups in total. The van der Waals surface area contributed by atoms with Gasteiger partial charge < -0.3 is 20.9 Å². The number of benzene rings is 1. The molecule has 11 heteroatoms. The molecule has 3 heterocycles. The van der Waals surface area contributed by atoms with E-state index in [4.69, 9.17) is 21.4 Å². The number of anilines is 2. The van der Waals surface area contributed by atoms with Crippen LogP contribution in [0.3, 0.4) is 0 Å². The van der Waals surface area contributed by atoms with E-state index in [9.17, 15) is 8.42 Å². The SMILES string of the molecule is Nc1nc(N(C2CCC(N)CC2)C2CCN(S(=O)(=O)c3ccccc3)CC2)nc2c1ncn2C1CCCC1. The highest BCUT2D eigenvalue weighted by Gasteiger charge is 2.37. The summed E-state index contributed by atoms with van der Waals surface area (Å²) in [4.78, 5) is 17.1. The molecule has 204 valence electrons. The second-order valence-corrected chi connectivity index (χ2v) is 13.0. The van der Waals surface area contributed by atoms with Crippen molar-refractivity contribution in [2.24, 2.45) is 5.73 Å². The quantitative estimate of drug-likeness (QED) is 0.487. The number of imidazole rings is 1. The molecule has 1 aliphatic heterocycles. The van der Waals surface area contributed by atoms with Crippen molar-refractivity contribution in [3.63, 3.8) is 0 Å². The molecule has 0 amide bonds. The molecule has 0 atom stereocenters. The summed E-state index contributed by atoms with van der Waals surface area (Å²) in [5.74, 6) is 1.04. The zero-order valence-corrected chi connectivity index (χ0v) is 22.6. The molecule has 3 aromatic rings. The zero-order valence-electron chi connectivity index (χ0n) is 21.8. The smallest absolute Gasteiger partial charge is 0.243 e. The highest BCUT2D eigenvalue weighted by Crippen LogP contribution is 2.36. The Hall–Kier alpha value is -2.76. The van der Waals surface area contributed by atoms with E-state index in [1.807, 2.05) is 12.4 Å². The van der Waals surface area contributed by atoms with E-state index < -0.39 is 10.0 Å². The molecule has 0 unspecified atom stereocenters. The average Bonchev–Trinajstić information content (AvgIpc) is 3.61. The first-order valence-electron chi connectivity index (χ1n) is 14.0. The van der Waals surface area contributed by atoms with Gasteiger partial charge in [0.25, 0.3) is 0 Å². The Labute approximate surface area is 224 Å². The van der Waals surface area contributed by atoms with E-state index in [1.165, 1.54) is 12.8 Å². The standard InChI is InChI=1S/C27H38N8O2S/c28-19-10-12-21(13-11-19)35(22-14-16-33(17-15-22)38(36,37)23-8-2-1-3-9-23)27-31-25(29)24-26(32-27)34(18-30-24)20-6-4-5-7-20/h1-3,8-9,18-22H,4-7,10-17,28H2,(H2,29,31,32). The van der Waals surface area contributed by atoms with Gasteiger partial charge in [0.1, 0.15) is 5.52 Å². The molecule has 2 saturated carbocycles. The fourth-order valence-corrected chi connectivity index (χ4v) is 8.09. The second kappa shape index (κ2) is 10.4. The van der Waals surface area contributed by atoms with E-state index in [0.717, 1.165) is 44.2 Å². The summed E-state index contributed by atoms with van der Waals surface area (Å²) in [6.07, 6.45) is 11.8. The van der Waals surface area contributed by atoms with Crippen LogP contribution in [0.2, 0.25) is 0 Å². The molecule has 0 spiro atoms. The third kappa shape index (κ3) is 4.76. The Morgan fingerprint density at radius 3 is 2.21 bits per heavy atom. The number of hydrogen-bond donors (Lipinski definition) is 2. The molecule has 0 bridgehead atoms. The van der Waals surface area contributed by atoms with Gasteiger partial charge in [-0.25, -0.2) is 13.4 Å². The molecule has 10 nitrogen and oxygen atoms in total. The van der Waals surface area contributed by atoms with Crippen LogP contribution in [0, 0.1) is 0 Å². The van der Waals surface area contributed by atoms with Crippen molar-refractivity contribution in [3.05, 3.63) is 36.7 Å². The van der Waals surface area contributed by atoms with Crippen molar-refractivity contribution in [3.8, 4) is 0 Å². The van der Waals surface area contributed by atoms with E-state index in [1.54, 1.807) is 28.6 Å². The Morgan fingerprint density at radius 2 is 1.53 bits per heavy atom. The summed E-state index contributed by atoms with van der Waals surface area (Å²) < 4.78 is 30.3. The number of nitrogens with zero attached hydrogens (tertiary/aromatic N) is 6. The first-order chi connectivity index (χ1) is 18.4. The molecule has 3 aliphatic rings. The van der Waals surface area contributed by atoms with Gasteiger partial charge in [-0.15, -0.1) is 0 Å². The van der Waals surface area contributed by atoms with Gasteiger partial charge in [0.2, 0.25) is 16.0 Å². The molecule has 0 radical (unpaired) electrons. The molecule has 2 aliphatic carbocycles. The molecule has 2 aromatic heterocycles. The second-order valence-electron chi connectivity index (χ2n) is 11.1. The van der Waals surface area contributed by atoms with Gasteiger partial charge in [-0.05, 0) is 63.5 Å². The van der Waals surface area contributed by atoms with E-state index in [-0.39, 0.29) is 18.1 Å². The minimum absolute atomic E-state index is 0.122. The van der Waals surface area contributed by atoms with Crippen molar-refractivity contribution < 1.29 is 8.42 Å². The van der Waals surface area contributed by atoms with Crippen molar-refractivity contribution in [1.29, 1.82) is 0 Å². The van der Waals surface area contributed by atoms with Crippen LogP contribution >= 0.6 is 0 Å². The Kier molecular flexibility index (Phi) is 7.00. The number of hydrogen-bond acceptors (Lipinski definition) is 8. The minimum Gasteiger partial charge on any atom is -0.382 e. The first-order valence-corrected chi connectivity index (χ1v) is 15.4. The fraction of sp³-hybridized carbons (Fsp3) is 0.593. The van der Waals surface area contributed by atoms with Crippen LogP contribution in [0.1, 0.15) is 70.3 Å². The van der Waals surface area contributed by atoms with Gasteiger partial charge in [-0.1, -0.05) is 31.0 Å². The maximum Gasteiger partial charge on any atom is 0.243 e. The monoisotopic (exact) mass is 538 g/mol. The highest BCUT2D eigenvalue weighted by molar-refractivity contribution is 7.89. The number of sulfonamides is 1. The Bertz CT molecular complexity index is 1360. The van der Waals surface area contributed by atoms with Crippen LogP contribution in [0.15, 0.2) is 41.6 Å². The lowest BCUT2D eigenvalue weighted by molar-refractivity contribution is 0.277. The maximum atomic E-state index is 13.2. The maximum absolute atomic E-state index is 13.2. The Morgan fingerprint density at radius 1 is 0.868 bits per heavy atom. The summed E-state index contributed by atoms with van der Waals surface area (Å²) in [5.41, 5.74) is 14.2. The van der Waals surface area contributed by atoms with Crippen molar-refractivity contribution >= 4 is 33.0 Å². The average molecular weight is 539 g/mol. The summed E-state index contributed by atoms with van der Waals surface area (Å²) in [6.45, 7) is 0.921. The number of nitrogens with two attached hydrogens (primary N) is 2. The van der Waals surface area contributed by atoms with Gasteiger partial charge in [0.15, 0.2) is 11.5 Å². The van der Waals surface area contributed by atoms with Crippen LogP contribution in [-0.2, 0) is 10.0 Å². The van der Waals surface area contributed by atoms with E-state index in [0.29, 0.717) is 54.2 Å². The van der Waals surface area contributed by atoms with Crippen LogP contribution in [0.4, 0.5) is 11.8 Å². The van der Waals surface area contributed by atoms with Gasteiger partial charge in [0.05, 0.1) is 11.2 Å². The number of fused-ring (bicyclic) bond motifs is 1. The predicted octanol–water partition coefficient (Wildman–Crippen LogP) is 3.45.